The van der Waals surface area contributed by atoms with Gasteiger partial charge in [0, 0.05) is 12.6 Å². The fraction of sp³-hybridized carbons (Fsp3) is 0.611. The maximum Gasteiger partial charge on any atom is 0.341 e. The van der Waals surface area contributed by atoms with Crippen molar-refractivity contribution in [2.45, 2.75) is 40.0 Å². The van der Waals surface area contributed by atoms with Crippen LogP contribution in [-0.4, -0.2) is 48.8 Å². The van der Waals surface area contributed by atoms with Crippen LogP contribution in [0.4, 0.5) is 0 Å². The molecule has 130 valence electrons. The van der Waals surface area contributed by atoms with Gasteiger partial charge < -0.3 is 19.5 Å². The third kappa shape index (κ3) is 6.91. The molecule has 1 rings (SSSR count). The van der Waals surface area contributed by atoms with Crippen LogP contribution in [-0.2, 0) is 4.74 Å². The van der Waals surface area contributed by atoms with Gasteiger partial charge in [-0.2, -0.15) is 0 Å². The van der Waals surface area contributed by atoms with E-state index in [1.807, 2.05) is 0 Å². The van der Waals surface area contributed by atoms with Crippen molar-refractivity contribution in [1.82, 2.24) is 4.90 Å². The lowest BCUT2D eigenvalue weighted by Gasteiger charge is -2.17. The van der Waals surface area contributed by atoms with Crippen molar-refractivity contribution >= 4 is 5.97 Å². The van der Waals surface area contributed by atoms with Crippen molar-refractivity contribution in [3.8, 4) is 11.5 Å². The molecule has 23 heavy (non-hydrogen) atoms. The predicted molar refractivity (Wildman–Crippen MR) is 91.2 cm³/mol. The van der Waals surface area contributed by atoms with E-state index in [9.17, 15) is 9.90 Å². The first-order valence-electron chi connectivity index (χ1n) is 8.47. The third-order valence-electron chi connectivity index (χ3n) is 3.70. The van der Waals surface area contributed by atoms with Gasteiger partial charge in [0.15, 0.2) is 0 Å². The lowest BCUT2D eigenvalue weighted by Crippen LogP contribution is -2.25. The Morgan fingerprint density at radius 3 is 2.48 bits per heavy atom. The quantitative estimate of drug-likeness (QED) is 0.499. The van der Waals surface area contributed by atoms with Crippen LogP contribution in [0.2, 0.25) is 0 Å². The van der Waals surface area contributed by atoms with Crippen LogP contribution in [0, 0.1) is 0 Å². The van der Waals surface area contributed by atoms with Gasteiger partial charge in [-0.25, -0.2) is 4.79 Å². The number of unbranched alkanes of at least 4 members (excludes halogenated alkanes) is 1. The minimum Gasteiger partial charge on any atom is -0.507 e. The number of hydrogen-bond donors (Lipinski definition) is 1. The van der Waals surface area contributed by atoms with Gasteiger partial charge in [-0.1, -0.05) is 27.2 Å². The smallest absolute Gasteiger partial charge is 0.341 e. The second kappa shape index (κ2) is 10.9. The van der Waals surface area contributed by atoms with Crippen molar-refractivity contribution < 1.29 is 19.4 Å². The number of phenols is 1. The molecule has 0 saturated heterocycles. The second-order valence-electron chi connectivity index (χ2n) is 5.40. The molecule has 1 N–H and O–H groups in total. The number of nitrogens with zero attached hydrogens (tertiary/aromatic N) is 1. The maximum atomic E-state index is 12.0. The molecule has 0 fully saturated rings. The summed E-state index contributed by atoms with van der Waals surface area (Å²) in [6.45, 7) is 10.1. The molecule has 0 atom stereocenters. The minimum absolute atomic E-state index is 0.104. The first-order valence-corrected chi connectivity index (χ1v) is 8.47. The Kier molecular flexibility index (Phi) is 9.14. The molecule has 0 aliphatic rings. The van der Waals surface area contributed by atoms with Gasteiger partial charge in [0.05, 0.1) is 13.2 Å². The Hall–Kier alpha value is -1.75. The van der Waals surface area contributed by atoms with E-state index in [0.717, 1.165) is 38.9 Å². The Balaban J connectivity index is 2.43. The summed E-state index contributed by atoms with van der Waals surface area (Å²) in [6.07, 6.45) is 2.79. The fourth-order valence-corrected chi connectivity index (χ4v) is 2.18. The Labute approximate surface area is 139 Å². The first-order chi connectivity index (χ1) is 11.1. The Morgan fingerprint density at radius 1 is 1.13 bits per heavy atom. The zero-order valence-electron chi connectivity index (χ0n) is 14.5. The molecule has 5 nitrogen and oxygen atoms in total. The number of carbonyl (C=O) groups is 1. The largest absolute Gasteiger partial charge is 0.507 e. The number of rotatable bonds is 11. The number of carbonyl (C=O) groups excluding carboxylic acids is 1. The number of phenolic OH excluding ortho intramolecular Hbond substituents is 1. The minimum atomic E-state index is -0.498. The van der Waals surface area contributed by atoms with Crippen LogP contribution in [0.25, 0.3) is 0 Å². The van der Waals surface area contributed by atoms with E-state index in [-0.39, 0.29) is 11.3 Å². The monoisotopic (exact) mass is 323 g/mol. The SMILES string of the molecule is CCCCOc1ccc(C(=O)OCCCN(CC)CC)c(O)c1. The topological polar surface area (TPSA) is 59.0 Å². The van der Waals surface area contributed by atoms with E-state index in [0.29, 0.717) is 19.0 Å². The summed E-state index contributed by atoms with van der Waals surface area (Å²) in [4.78, 5) is 14.3. The highest BCUT2D eigenvalue weighted by Gasteiger charge is 2.13. The van der Waals surface area contributed by atoms with Crippen LogP contribution in [0.5, 0.6) is 11.5 Å². The summed E-state index contributed by atoms with van der Waals surface area (Å²) in [5.74, 6) is -0.0380. The lowest BCUT2D eigenvalue weighted by atomic mass is 10.2. The van der Waals surface area contributed by atoms with Gasteiger partial charge in [-0.05, 0) is 38.1 Å². The first kappa shape index (κ1) is 19.3. The summed E-state index contributed by atoms with van der Waals surface area (Å²) in [7, 11) is 0. The molecule has 1 aromatic carbocycles. The highest BCUT2D eigenvalue weighted by Crippen LogP contribution is 2.24. The molecule has 0 heterocycles. The van der Waals surface area contributed by atoms with Crippen molar-refractivity contribution in [1.29, 1.82) is 0 Å². The number of benzene rings is 1. The van der Waals surface area contributed by atoms with E-state index in [1.54, 1.807) is 12.1 Å². The number of aromatic hydroxyl groups is 1. The number of esters is 1. The normalized spacial score (nSPS) is 10.8. The number of ether oxygens (including phenoxy) is 2. The van der Waals surface area contributed by atoms with E-state index < -0.39 is 5.97 Å². The van der Waals surface area contributed by atoms with Crippen LogP contribution in [0.15, 0.2) is 18.2 Å². The van der Waals surface area contributed by atoms with Crippen molar-refractivity contribution in [2.24, 2.45) is 0 Å². The van der Waals surface area contributed by atoms with Crippen molar-refractivity contribution in [3.05, 3.63) is 23.8 Å². The average molecular weight is 323 g/mol. The van der Waals surface area contributed by atoms with E-state index in [4.69, 9.17) is 9.47 Å². The summed E-state index contributed by atoms with van der Waals surface area (Å²) in [5, 5.41) is 9.95. The fourth-order valence-electron chi connectivity index (χ4n) is 2.18. The molecule has 0 radical (unpaired) electrons. The van der Waals surface area contributed by atoms with E-state index in [1.165, 1.54) is 6.07 Å². The molecule has 0 aliphatic heterocycles. The molecular weight excluding hydrogens is 294 g/mol. The highest BCUT2D eigenvalue weighted by atomic mass is 16.5. The molecule has 0 spiro atoms. The van der Waals surface area contributed by atoms with Gasteiger partial charge in [-0.3, -0.25) is 0 Å². The van der Waals surface area contributed by atoms with E-state index in [2.05, 4.69) is 25.7 Å². The standard InChI is InChI=1S/C18H29NO4/c1-4-7-12-22-15-9-10-16(17(20)14-15)18(21)23-13-8-11-19(5-2)6-3/h9-10,14,20H,4-8,11-13H2,1-3H3. The van der Waals surface area contributed by atoms with Gasteiger partial charge in [0.1, 0.15) is 17.1 Å². The molecule has 1 aromatic rings. The van der Waals surface area contributed by atoms with Crippen LogP contribution < -0.4 is 4.74 Å². The zero-order chi connectivity index (χ0) is 17.1. The third-order valence-corrected chi connectivity index (χ3v) is 3.70. The van der Waals surface area contributed by atoms with Gasteiger partial charge in [0.2, 0.25) is 0 Å². The molecule has 0 saturated carbocycles. The zero-order valence-corrected chi connectivity index (χ0v) is 14.5. The average Bonchev–Trinajstić information content (AvgIpc) is 2.55. The van der Waals surface area contributed by atoms with Crippen molar-refractivity contribution in [3.63, 3.8) is 0 Å². The van der Waals surface area contributed by atoms with Gasteiger partial charge in [0.25, 0.3) is 0 Å². The summed E-state index contributed by atoms with van der Waals surface area (Å²) in [5.41, 5.74) is 0.177. The predicted octanol–water partition coefficient (Wildman–Crippen LogP) is 3.46. The molecule has 0 unspecified atom stereocenters. The Bertz CT molecular complexity index is 472. The van der Waals surface area contributed by atoms with Gasteiger partial charge >= 0.3 is 5.97 Å². The lowest BCUT2D eigenvalue weighted by molar-refractivity contribution is 0.0486. The number of hydrogen-bond acceptors (Lipinski definition) is 5. The van der Waals surface area contributed by atoms with E-state index >= 15 is 0 Å². The second-order valence-corrected chi connectivity index (χ2v) is 5.40. The molecule has 0 bridgehead atoms. The van der Waals surface area contributed by atoms with Crippen LogP contribution >= 0.6 is 0 Å². The summed E-state index contributed by atoms with van der Waals surface area (Å²) >= 11 is 0. The van der Waals surface area contributed by atoms with Crippen molar-refractivity contribution in [2.75, 3.05) is 32.8 Å². The highest BCUT2D eigenvalue weighted by molar-refractivity contribution is 5.92. The molecule has 0 aromatic heterocycles. The van der Waals surface area contributed by atoms with Crippen LogP contribution in [0.1, 0.15) is 50.4 Å². The molecular formula is C18H29NO4. The molecule has 5 heteroatoms. The van der Waals surface area contributed by atoms with Crippen LogP contribution in [0.3, 0.4) is 0 Å². The Morgan fingerprint density at radius 2 is 1.87 bits per heavy atom. The summed E-state index contributed by atoms with van der Waals surface area (Å²) < 4.78 is 10.7. The maximum absolute atomic E-state index is 12.0. The summed E-state index contributed by atoms with van der Waals surface area (Å²) in [6, 6.07) is 4.69. The van der Waals surface area contributed by atoms with Gasteiger partial charge in [-0.15, -0.1) is 0 Å². The molecule has 0 amide bonds. The molecule has 0 aliphatic carbocycles.